The Hall–Kier alpha value is -4.24. The minimum Gasteiger partial charge on any atom is -0.497 e. The van der Waals surface area contributed by atoms with Crippen molar-refractivity contribution in [3.05, 3.63) is 98.6 Å². The summed E-state index contributed by atoms with van der Waals surface area (Å²) in [6, 6.07) is 15.8. The van der Waals surface area contributed by atoms with Crippen molar-refractivity contribution in [2.24, 2.45) is 0 Å². The normalized spacial score (nSPS) is 10.2. The maximum Gasteiger partial charge on any atom is 0.340 e. The molecule has 0 saturated heterocycles. The summed E-state index contributed by atoms with van der Waals surface area (Å²) in [5.41, 5.74) is 0.213. The lowest BCUT2D eigenvalue weighted by Gasteiger charge is -2.11. The van der Waals surface area contributed by atoms with Gasteiger partial charge in [-0.3, -0.25) is 19.7 Å². The zero-order valence-electron chi connectivity index (χ0n) is 17.2. The first-order valence-electron chi connectivity index (χ1n) is 9.49. The maximum atomic E-state index is 12.6. The van der Waals surface area contributed by atoms with Crippen LogP contribution in [0.4, 0.5) is 11.4 Å². The molecule has 1 amide bonds. The SMILES string of the molecule is COc1ccc(C(=O)COC(=O)c2ccccc2NC(=O)c2ccc([N+](=O)[O-])cc2Cl)cc1. The molecule has 1 N–H and O–H groups in total. The molecule has 0 saturated carbocycles. The van der Waals surface area contributed by atoms with E-state index in [9.17, 15) is 24.5 Å². The highest BCUT2D eigenvalue weighted by molar-refractivity contribution is 6.34. The number of ether oxygens (including phenoxy) is 2. The molecule has 33 heavy (non-hydrogen) atoms. The van der Waals surface area contributed by atoms with Crippen LogP contribution in [-0.4, -0.2) is 36.3 Å². The molecule has 0 radical (unpaired) electrons. The summed E-state index contributed by atoms with van der Waals surface area (Å²) in [5, 5.41) is 13.3. The number of benzene rings is 3. The van der Waals surface area contributed by atoms with E-state index in [0.717, 1.165) is 12.1 Å². The Morgan fingerprint density at radius 2 is 1.70 bits per heavy atom. The molecule has 0 aliphatic rings. The first-order valence-corrected chi connectivity index (χ1v) is 9.86. The fraction of sp³-hybridized carbons (Fsp3) is 0.0870. The van der Waals surface area contributed by atoms with Crippen molar-refractivity contribution in [1.29, 1.82) is 0 Å². The minimum atomic E-state index is -0.817. The molecule has 0 spiro atoms. The van der Waals surface area contributed by atoms with Crippen LogP contribution in [0.3, 0.4) is 0 Å². The second-order valence-electron chi connectivity index (χ2n) is 6.65. The molecule has 3 rings (SSSR count). The highest BCUT2D eigenvalue weighted by Crippen LogP contribution is 2.24. The number of hydrogen-bond acceptors (Lipinski definition) is 7. The van der Waals surface area contributed by atoms with Gasteiger partial charge in [0.15, 0.2) is 12.4 Å². The minimum absolute atomic E-state index is 0.0138. The first kappa shape index (κ1) is 23.4. The molecule has 0 fully saturated rings. The average Bonchev–Trinajstić information content (AvgIpc) is 2.82. The lowest BCUT2D eigenvalue weighted by Crippen LogP contribution is -2.18. The molecule has 0 bridgehead atoms. The highest BCUT2D eigenvalue weighted by Gasteiger charge is 2.19. The smallest absolute Gasteiger partial charge is 0.340 e. The molecule has 0 atom stereocenters. The van der Waals surface area contributed by atoms with Crippen LogP contribution >= 0.6 is 11.6 Å². The van der Waals surface area contributed by atoms with E-state index in [1.807, 2.05) is 0 Å². The fourth-order valence-electron chi connectivity index (χ4n) is 2.83. The highest BCUT2D eigenvalue weighted by atomic mass is 35.5. The maximum absolute atomic E-state index is 12.6. The van der Waals surface area contributed by atoms with Crippen molar-refractivity contribution in [3.8, 4) is 5.75 Å². The Bertz CT molecular complexity index is 1230. The van der Waals surface area contributed by atoms with Crippen molar-refractivity contribution in [2.45, 2.75) is 0 Å². The molecule has 3 aromatic rings. The molecule has 0 aliphatic heterocycles. The van der Waals surface area contributed by atoms with Crippen LogP contribution < -0.4 is 10.1 Å². The van der Waals surface area contributed by atoms with Crippen molar-refractivity contribution < 1.29 is 28.8 Å². The number of amides is 1. The number of nitrogens with one attached hydrogen (secondary N) is 1. The number of anilines is 1. The number of nitro groups is 1. The van der Waals surface area contributed by atoms with E-state index in [-0.39, 0.29) is 27.5 Å². The van der Waals surface area contributed by atoms with Gasteiger partial charge < -0.3 is 14.8 Å². The van der Waals surface area contributed by atoms with Crippen molar-refractivity contribution in [3.63, 3.8) is 0 Å². The van der Waals surface area contributed by atoms with E-state index >= 15 is 0 Å². The molecular weight excluding hydrogens is 452 g/mol. The number of nitrogens with zero attached hydrogens (tertiary/aromatic N) is 1. The Kier molecular flexibility index (Phi) is 7.37. The predicted molar refractivity (Wildman–Crippen MR) is 120 cm³/mol. The molecule has 0 aromatic heterocycles. The van der Waals surface area contributed by atoms with Gasteiger partial charge >= 0.3 is 5.97 Å². The first-order chi connectivity index (χ1) is 15.8. The number of halogens is 1. The number of methoxy groups -OCH3 is 1. The van der Waals surface area contributed by atoms with E-state index in [1.165, 1.54) is 25.3 Å². The van der Waals surface area contributed by atoms with Crippen LogP contribution in [0.1, 0.15) is 31.1 Å². The summed E-state index contributed by atoms with van der Waals surface area (Å²) in [7, 11) is 1.50. The van der Waals surface area contributed by atoms with Gasteiger partial charge in [0, 0.05) is 17.7 Å². The molecule has 0 aliphatic carbocycles. The summed E-state index contributed by atoms with van der Waals surface area (Å²) in [6.45, 7) is -0.498. The Morgan fingerprint density at radius 3 is 2.33 bits per heavy atom. The van der Waals surface area contributed by atoms with Gasteiger partial charge in [-0.05, 0) is 42.5 Å². The van der Waals surface area contributed by atoms with E-state index < -0.39 is 29.2 Å². The van der Waals surface area contributed by atoms with Gasteiger partial charge in [-0.15, -0.1) is 0 Å². The number of carbonyl (C=O) groups is 3. The number of para-hydroxylation sites is 1. The summed E-state index contributed by atoms with van der Waals surface area (Å²) in [5.74, 6) is -1.32. The van der Waals surface area contributed by atoms with Gasteiger partial charge in [0.2, 0.25) is 0 Å². The largest absolute Gasteiger partial charge is 0.497 e. The summed E-state index contributed by atoms with van der Waals surface area (Å²) in [4.78, 5) is 47.7. The van der Waals surface area contributed by atoms with Gasteiger partial charge in [-0.25, -0.2) is 4.79 Å². The Morgan fingerprint density at radius 1 is 1.00 bits per heavy atom. The molecule has 0 unspecified atom stereocenters. The number of rotatable bonds is 8. The summed E-state index contributed by atoms with van der Waals surface area (Å²) < 4.78 is 10.2. The van der Waals surface area contributed by atoms with Crippen LogP contribution in [-0.2, 0) is 4.74 Å². The molecule has 3 aromatic carbocycles. The van der Waals surface area contributed by atoms with Crippen LogP contribution in [0.15, 0.2) is 66.7 Å². The number of carbonyl (C=O) groups excluding carboxylic acids is 3. The number of nitro benzene ring substituents is 1. The summed E-state index contributed by atoms with van der Waals surface area (Å²) >= 11 is 6.00. The van der Waals surface area contributed by atoms with Crippen molar-refractivity contribution >= 4 is 40.6 Å². The lowest BCUT2D eigenvalue weighted by molar-refractivity contribution is -0.384. The number of Topliss-reactive ketones (excluding diaryl/α,β-unsaturated/α-hetero) is 1. The zero-order valence-corrected chi connectivity index (χ0v) is 18.0. The third kappa shape index (κ3) is 5.72. The quantitative estimate of drug-likeness (QED) is 0.222. The van der Waals surface area contributed by atoms with Crippen molar-refractivity contribution in [2.75, 3.05) is 19.0 Å². The molecule has 168 valence electrons. The Balaban J connectivity index is 1.70. The standard InChI is InChI=1S/C23H17ClN2O7/c1-32-16-9-6-14(7-10-16)21(27)13-33-23(29)18-4-2-3-5-20(18)25-22(28)17-11-8-15(26(30)31)12-19(17)24/h2-12H,13H2,1H3,(H,25,28). The van der Waals surface area contributed by atoms with Crippen LogP contribution in [0.2, 0.25) is 5.02 Å². The number of hydrogen-bond donors (Lipinski definition) is 1. The third-order valence-corrected chi connectivity index (χ3v) is 4.86. The molecule has 9 nitrogen and oxygen atoms in total. The fourth-order valence-corrected chi connectivity index (χ4v) is 3.09. The second-order valence-corrected chi connectivity index (χ2v) is 7.06. The number of esters is 1. The molecule has 0 heterocycles. The van der Waals surface area contributed by atoms with Gasteiger partial charge in [0.1, 0.15) is 5.75 Å². The van der Waals surface area contributed by atoms with E-state index in [4.69, 9.17) is 21.1 Å². The summed E-state index contributed by atoms with van der Waals surface area (Å²) in [6.07, 6.45) is 0. The second kappa shape index (κ2) is 10.4. The van der Waals surface area contributed by atoms with Crippen molar-refractivity contribution in [1.82, 2.24) is 0 Å². The number of ketones is 1. The Labute approximate surface area is 193 Å². The van der Waals surface area contributed by atoms with Crippen LogP contribution in [0.25, 0.3) is 0 Å². The third-order valence-electron chi connectivity index (χ3n) is 4.55. The van der Waals surface area contributed by atoms with E-state index in [2.05, 4.69) is 5.32 Å². The molecule has 10 heteroatoms. The molecular formula is C23H17ClN2O7. The van der Waals surface area contributed by atoms with Gasteiger partial charge in [-0.1, -0.05) is 23.7 Å². The van der Waals surface area contributed by atoms with Gasteiger partial charge in [0.05, 0.1) is 33.9 Å². The van der Waals surface area contributed by atoms with E-state index in [0.29, 0.717) is 11.3 Å². The topological polar surface area (TPSA) is 125 Å². The van der Waals surface area contributed by atoms with E-state index in [1.54, 1.807) is 36.4 Å². The monoisotopic (exact) mass is 468 g/mol. The van der Waals surface area contributed by atoms with Crippen LogP contribution in [0, 0.1) is 10.1 Å². The number of non-ortho nitro benzene ring substituents is 1. The van der Waals surface area contributed by atoms with Gasteiger partial charge in [-0.2, -0.15) is 0 Å². The van der Waals surface area contributed by atoms with Gasteiger partial charge in [0.25, 0.3) is 11.6 Å². The zero-order chi connectivity index (χ0) is 24.0. The predicted octanol–water partition coefficient (Wildman–Crippen LogP) is 4.55. The van der Waals surface area contributed by atoms with Crippen LogP contribution in [0.5, 0.6) is 5.75 Å². The lowest BCUT2D eigenvalue weighted by atomic mass is 10.1. The average molecular weight is 469 g/mol.